The van der Waals surface area contributed by atoms with Crippen LogP contribution in [0.4, 0.5) is 0 Å². The molecule has 45 heavy (non-hydrogen) atoms. The van der Waals surface area contributed by atoms with Crippen molar-refractivity contribution >= 4 is 38.6 Å². The summed E-state index contributed by atoms with van der Waals surface area (Å²) in [6, 6.07) is 6.32. The van der Waals surface area contributed by atoms with Crippen molar-refractivity contribution in [2.45, 2.75) is 87.1 Å². The van der Waals surface area contributed by atoms with E-state index < -0.39 is 50.7 Å². The summed E-state index contributed by atoms with van der Waals surface area (Å²) >= 11 is 0. The van der Waals surface area contributed by atoms with Gasteiger partial charge in [-0.25, -0.2) is 8.42 Å². The second-order valence-corrected chi connectivity index (χ2v) is 14.1. The number of nitrogens with zero attached hydrogens (tertiary/aromatic N) is 2. The number of amides is 3. The van der Waals surface area contributed by atoms with Crippen LogP contribution in [0.5, 0.6) is 11.5 Å². The molecular weight excluding hydrogens is 596 g/mol. The van der Waals surface area contributed by atoms with Gasteiger partial charge in [-0.1, -0.05) is 25.0 Å². The van der Waals surface area contributed by atoms with Gasteiger partial charge < -0.3 is 19.7 Å². The van der Waals surface area contributed by atoms with Crippen LogP contribution in [0.15, 0.2) is 55.8 Å². The van der Waals surface area contributed by atoms with E-state index in [1.54, 1.807) is 31.5 Å². The number of benzene rings is 1. The van der Waals surface area contributed by atoms with Crippen molar-refractivity contribution in [2.24, 2.45) is 5.92 Å². The minimum atomic E-state index is -3.81. The molecular formula is C33H42N4O7S. The molecule has 1 aromatic heterocycles. The van der Waals surface area contributed by atoms with Gasteiger partial charge >= 0.3 is 0 Å². The Bertz CT molecular complexity index is 1570. The number of carbonyl (C=O) groups is 3. The maximum absolute atomic E-state index is 13.9. The zero-order valence-corrected chi connectivity index (χ0v) is 26.5. The summed E-state index contributed by atoms with van der Waals surface area (Å²) in [5.41, 5.74) is -0.748. The van der Waals surface area contributed by atoms with E-state index >= 15 is 0 Å². The van der Waals surface area contributed by atoms with Crippen molar-refractivity contribution in [1.82, 2.24) is 19.9 Å². The number of likely N-dealkylation sites (tertiary alicyclic amines) is 1. The summed E-state index contributed by atoms with van der Waals surface area (Å²) in [5, 5.41) is 3.01. The van der Waals surface area contributed by atoms with Crippen LogP contribution in [-0.4, -0.2) is 72.6 Å². The summed E-state index contributed by atoms with van der Waals surface area (Å²) in [6.07, 6.45) is 10.8. The van der Waals surface area contributed by atoms with Crippen LogP contribution in [0, 0.1) is 5.92 Å². The Morgan fingerprint density at radius 1 is 1.13 bits per heavy atom. The highest BCUT2D eigenvalue weighted by Gasteiger charge is 2.61. The van der Waals surface area contributed by atoms with Gasteiger partial charge in [-0.3, -0.25) is 24.1 Å². The van der Waals surface area contributed by atoms with Gasteiger partial charge in [-0.15, -0.1) is 13.2 Å². The topological polar surface area (TPSA) is 144 Å². The molecule has 4 unspecified atom stereocenters. The third kappa shape index (κ3) is 7.32. The summed E-state index contributed by atoms with van der Waals surface area (Å²) in [4.78, 5) is 46.6. The predicted octanol–water partition coefficient (Wildman–Crippen LogP) is 3.79. The van der Waals surface area contributed by atoms with Crippen LogP contribution < -0.4 is 19.5 Å². The fourth-order valence-electron chi connectivity index (χ4n) is 6.00. The molecule has 5 rings (SSSR count). The minimum Gasteiger partial charge on any atom is -0.497 e. The lowest BCUT2D eigenvalue weighted by Gasteiger charge is -2.26. The molecule has 2 aromatic rings. The third-order valence-electron chi connectivity index (χ3n) is 8.89. The van der Waals surface area contributed by atoms with E-state index in [9.17, 15) is 22.8 Å². The third-order valence-corrected chi connectivity index (χ3v) is 10.7. The fraction of sp³-hybridized carbons (Fsp3) is 0.515. The highest BCUT2D eigenvalue weighted by atomic mass is 32.2. The van der Waals surface area contributed by atoms with Gasteiger partial charge in [-0.05, 0) is 56.7 Å². The number of unbranched alkanes of at least 4 members (excludes halogenated alkanes) is 4. The van der Waals surface area contributed by atoms with Crippen LogP contribution in [-0.2, 0) is 24.4 Å². The molecule has 3 aliphatic rings. The van der Waals surface area contributed by atoms with Gasteiger partial charge in [0.2, 0.25) is 21.8 Å². The molecule has 3 amide bonds. The Balaban J connectivity index is 1.32. The lowest BCUT2D eigenvalue weighted by atomic mass is 10.1. The molecule has 4 atom stereocenters. The van der Waals surface area contributed by atoms with Crippen LogP contribution >= 0.6 is 0 Å². The van der Waals surface area contributed by atoms with Crippen LogP contribution in [0.3, 0.4) is 0 Å². The van der Waals surface area contributed by atoms with E-state index in [1.165, 1.54) is 4.90 Å². The maximum atomic E-state index is 13.9. The number of fused-ring (bicyclic) bond motifs is 1. The average molecular weight is 639 g/mol. The molecule has 2 saturated carbocycles. The first-order valence-corrected chi connectivity index (χ1v) is 17.2. The van der Waals surface area contributed by atoms with Crippen molar-refractivity contribution in [3.05, 3.63) is 55.8 Å². The quantitative estimate of drug-likeness (QED) is 0.209. The number of ether oxygens (including phenoxy) is 2. The smallest absolute Gasteiger partial charge is 0.259 e. The van der Waals surface area contributed by atoms with Gasteiger partial charge in [0, 0.05) is 36.4 Å². The number of sulfonamides is 1. The van der Waals surface area contributed by atoms with Gasteiger partial charge in [0.25, 0.3) is 5.91 Å². The maximum Gasteiger partial charge on any atom is 0.259 e. The number of allylic oxidation sites excluding steroid dienone is 1. The fourth-order valence-corrected chi connectivity index (χ4v) is 7.36. The van der Waals surface area contributed by atoms with E-state index in [2.05, 4.69) is 28.2 Å². The SMILES string of the molecule is C=CCCCCCCC(=O)N1CC(Oc2ccnc3cc(OC)ccc23)CC1C(=O)NC1(C(=O)NS(=O)(=O)C2CC2)CC1C=C. The predicted molar refractivity (Wildman–Crippen MR) is 170 cm³/mol. The van der Waals surface area contributed by atoms with Gasteiger partial charge in [0.1, 0.15) is 29.2 Å². The van der Waals surface area contributed by atoms with Crippen LogP contribution in [0.25, 0.3) is 10.9 Å². The summed E-state index contributed by atoms with van der Waals surface area (Å²) < 4.78 is 38.9. The van der Waals surface area contributed by atoms with E-state index in [4.69, 9.17) is 9.47 Å². The Hall–Kier alpha value is -3.93. The average Bonchev–Trinajstić information content (AvgIpc) is 3.95. The van der Waals surface area contributed by atoms with Crippen LogP contribution in [0.2, 0.25) is 0 Å². The molecule has 2 aliphatic carbocycles. The van der Waals surface area contributed by atoms with E-state index in [0.29, 0.717) is 36.3 Å². The molecule has 2 heterocycles. The molecule has 0 spiro atoms. The zero-order chi connectivity index (χ0) is 32.2. The normalized spacial score (nSPS) is 24.1. The van der Waals surface area contributed by atoms with Crippen molar-refractivity contribution in [1.29, 1.82) is 0 Å². The minimum absolute atomic E-state index is 0.167. The van der Waals surface area contributed by atoms with Crippen LogP contribution in [0.1, 0.15) is 64.2 Å². The molecule has 3 fully saturated rings. The van der Waals surface area contributed by atoms with Gasteiger partial charge in [0.15, 0.2) is 0 Å². The number of pyridine rings is 1. The number of carbonyl (C=O) groups excluding carboxylic acids is 3. The highest BCUT2D eigenvalue weighted by molar-refractivity contribution is 7.91. The Morgan fingerprint density at radius 3 is 2.60 bits per heavy atom. The first-order chi connectivity index (χ1) is 21.6. The second kappa shape index (κ2) is 13.6. The lowest BCUT2D eigenvalue weighted by Crippen LogP contribution is -2.56. The van der Waals surface area contributed by atoms with E-state index in [-0.39, 0.29) is 31.7 Å². The zero-order valence-electron chi connectivity index (χ0n) is 25.7. The monoisotopic (exact) mass is 638 g/mol. The summed E-state index contributed by atoms with van der Waals surface area (Å²) in [6.45, 7) is 7.70. The molecule has 1 aromatic carbocycles. The van der Waals surface area contributed by atoms with Gasteiger partial charge in [-0.2, -0.15) is 0 Å². The number of hydrogen-bond donors (Lipinski definition) is 2. The Labute approximate surface area is 264 Å². The standard InChI is InChI=1S/C33H42N4O7S/c1-4-6-7-8-9-10-11-30(38)37-21-24(44-29-16-17-34-27-18-23(43-3)12-15-26(27)29)19-28(37)31(39)35-33(20-22(33)5-2)32(40)36-45(41,42)25-13-14-25/h4-5,12,15-18,22,24-25,28H,1-2,6-11,13-14,19-21H2,3H3,(H,35,39)(H,36,40). The number of hydrogen-bond acceptors (Lipinski definition) is 8. The molecule has 242 valence electrons. The van der Waals surface area contributed by atoms with E-state index in [1.807, 2.05) is 18.2 Å². The molecule has 0 bridgehead atoms. The molecule has 0 radical (unpaired) electrons. The number of aromatic nitrogens is 1. The molecule has 1 saturated heterocycles. The number of nitrogens with one attached hydrogen (secondary N) is 2. The highest BCUT2D eigenvalue weighted by Crippen LogP contribution is 2.45. The van der Waals surface area contributed by atoms with Crippen molar-refractivity contribution < 1.29 is 32.3 Å². The Morgan fingerprint density at radius 2 is 1.91 bits per heavy atom. The van der Waals surface area contributed by atoms with Gasteiger partial charge in [0.05, 0.1) is 24.4 Å². The number of methoxy groups -OCH3 is 1. The second-order valence-electron chi connectivity index (χ2n) is 12.2. The largest absolute Gasteiger partial charge is 0.497 e. The lowest BCUT2D eigenvalue weighted by molar-refractivity contribution is -0.139. The first kappa shape index (κ1) is 32.5. The molecule has 12 heteroatoms. The Kier molecular flexibility index (Phi) is 9.81. The first-order valence-electron chi connectivity index (χ1n) is 15.6. The summed E-state index contributed by atoms with van der Waals surface area (Å²) in [7, 11) is -2.23. The van der Waals surface area contributed by atoms with Crippen molar-refractivity contribution in [2.75, 3.05) is 13.7 Å². The van der Waals surface area contributed by atoms with E-state index in [0.717, 1.165) is 31.1 Å². The molecule has 1 aliphatic heterocycles. The summed E-state index contributed by atoms with van der Waals surface area (Å²) in [5.74, 6) is -0.655. The molecule has 11 nitrogen and oxygen atoms in total. The molecule has 2 N–H and O–H groups in total. The van der Waals surface area contributed by atoms with Crippen molar-refractivity contribution in [3.8, 4) is 11.5 Å². The number of rotatable bonds is 16. The van der Waals surface area contributed by atoms with Crippen molar-refractivity contribution in [3.63, 3.8) is 0 Å².